The summed E-state index contributed by atoms with van der Waals surface area (Å²) in [6.07, 6.45) is 0.0498. The van der Waals surface area contributed by atoms with Gasteiger partial charge < -0.3 is 21.1 Å². The molecule has 5 heteroatoms. The minimum Gasteiger partial charge on any atom is -0.489 e. The first-order valence-electron chi connectivity index (χ1n) is 6.03. The molecule has 18 heavy (non-hydrogen) atoms. The number of likely N-dealkylation sites (N-methyl/N-ethyl adjacent to an activating group) is 1. The average Bonchev–Trinajstić information content (AvgIpc) is 2.28. The highest BCUT2D eigenvalue weighted by Gasteiger charge is 2.11. The number of nitrogens with two attached hydrogens (primary N) is 2. The fraction of sp³-hybridized carbons (Fsp3) is 0.462. The van der Waals surface area contributed by atoms with Gasteiger partial charge >= 0.3 is 0 Å². The van der Waals surface area contributed by atoms with Crippen molar-refractivity contribution in [1.29, 1.82) is 0 Å². The molecule has 5 nitrogen and oxygen atoms in total. The molecule has 0 radical (unpaired) electrons. The maximum absolute atomic E-state index is 11.0. The average molecular weight is 251 g/mol. The molecular weight excluding hydrogens is 230 g/mol. The Kier molecular flexibility index (Phi) is 4.83. The molecule has 0 saturated carbocycles. The lowest BCUT2D eigenvalue weighted by Crippen LogP contribution is -2.33. The van der Waals surface area contributed by atoms with Gasteiger partial charge in [-0.3, -0.25) is 4.79 Å². The lowest BCUT2D eigenvalue weighted by Gasteiger charge is -2.23. The van der Waals surface area contributed by atoms with Gasteiger partial charge in [-0.1, -0.05) is 0 Å². The van der Waals surface area contributed by atoms with E-state index < -0.39 is 0 Å². The van der Waals surface area contributed by atoms with Crippen LogP contribution >= 0.6 is 0 Å². The number of carbonyl (C=O) groups excluding carboxylic acids is 1. The van der Waals surface area contributed by atoms with Gasteiger partial charge in [0.05, 0.1) is 18.3 Å². The molecule has 1 rings (SSSR count). The third-order valence-corrected chi connectivity index (χ3v) is 2.45. The van der Waals surface area contributed by atoms with Crippen LogP contribution in [-0.2, 0) is 4.79 Å². The van der Waals surface area contributed by atoms with E-state index in [0.717, 1.165) is 5.69 Å². The molecule has 0 saturated heterocycles. The van der Waals surface area contributed by atoms with Gasteiger partial charge in [0.15, 0.2) is 0 Å². The van der Waals surface area contributed by atoms with Crippen LogP contribution in [0.3, 0.4) is 0 Å². The van der Waals surface area contributed by atoms with E-state index in [-0.39, 0.29) is 18.6 Å². The van der Waals surface area contributed by atoms with Gasteiger partial charge in [0.25, 0.3) is 0 Å². The van der Waals surface area contributed by atoms with Crippen molar-refractivity contribution in [2.45, 2.75) is 26.9 Å². The Bertz CT molecular complexity index is 419. The second-order valence-electron chi connectivity index (χ2n) is 4.37. The molecule has 1 amide bonds. The number of ether oxygens (including phenoxy) is 1. The Balaban J connectivity index is 2.98. The summed E-state index contributed by atoms with van der Waals surface area (Å²) >= 11 is 0. The Morgan fingerprint density at radius 1 is 1.44 bits per heavy atom. The van der Waals surface area contributed by atoms with Crippen LogP contribution in [0.25, 0.3) is 0 Å². The molecule has 0 aliphatic rings. The summed E-state index contributed by atoms with van der Waals surface area (Å²) in [5, 5.41) is 0. The Morgan fingerprint density at radius 2 is 2.11 bits per heavy atom. The van der Waals surface area contributed by atoms with Crippen molar-refractivity contribution in [3.63, 3.8) is 0 Å². The Morgan fingerprint density at radius 3 is 2.61 bits per heavy atom. The smallest absolute Gasteiger partial charge is 0.236 e. The third kappa shape index (κ3) is 3.84. The highest BCUT2D eigenvalue weighted by Crippen LogP contribution is 2.28. The Hall–Kier alpha value is -1.91. The molecule has 0 aromatic heterocycles. The van der Waals surface area contributed by atoms with Crippen molar-refractivity contribution in [3.05, 3.63) is 18.2 Å². The number of amides is 1. The van der Waals surface area contributed by atoms with Crippen LogP contribution in [0.1, 0.15) is 20.8 Å². The fourth-order valence-corrected chi connectivity index (χ4v) is 1.65. The van der Waals surface area contributed by atoms with Crippen molar-refractivity contribution in [2.24, 2.45) is 5.73 Å². The molecule has 0 atom stereocenters. The Labute approximate surface area is 108 Å². The van der Waals surface area contributed by atoms with Gasteiger partial charge in [-0.25, -0.2) is 0 Å². The molecule has 0 unspecified atom stereocenters. The van der Waals surface area contributed by atoms with Crippen LogP contribution in [0.2, 0.25) is 0 Å². The normalized spacial score (nSPS) is 10.4. The van der Waals surface area contributed by atoms with E-state index >= 15 is 0 Å². The first-order chi connectivity index (χ1) is 8.43. The molecule has 0 aliphatic heterocycles. The van der Waals surface area contributed by atoms with E-state index in [0.29, 0.717) is 18.0 Å². The van der Waals surface area contributed by atoms with Crippen LogP contribution in [-0.4, -0.2) is 25.1 Å². The maximum atomic E-state index is 11.0. The summed E-state index contributed by atoms with van der Waals surface area (Å²) in [7, 11) is 0. The number of rotatable bonds is 6. The number of primary amides is 1. The summed E-state index contributed by atoms with van der Waals surface area (Å²) in [5.74, 6) is 0.269. The van der Waals surface area contributed by atoms with Gasteiger partial charge in [0.1, 0.15) is 5.75 Å². The van der Waals surface area contributed by atoms with Gasteiger partial charge in [-0.05, 0) is 32.9 Å². The first-order valence-corrected chi connectivity index (χ1v) is 6.03. The summed E-state index contributed by atoms with van der Waals surface area (Å²) < 4.78 is 5.62. The number of nitrogens with zero attached hydrogens (tertiary/aromatic N) is 1. The summed E-state index contributed by atoms with van der Waals surface area (Å²) in [4.78, 5) is 12.9. The van der Waals surface area contributed by atoms with Crippen molar-refractivity contribution in [1.82, 2.24) is 0 Å². The van der Waals surface area contributed by atoms with Crippen molar-refractivity contribution >= 4 is 17.3 Å². The molecule has 4 N–H and O–H groups in total. The number of carbonyl (C=O) groups is 1. The van der Waals surface area contributed by atoms with E-state index in [1.54, 1.807) is 6.07 Å². The van der Waals surface area contributed by atoms with Crippen molar-refractivity contribution in [3.8, 4) is 5.75 Å². The highest BCUT2D eigenvalue weighted by molar-refractivity contribution is 5.80. The molecule has 0 bridgehead atoms. The summed E-state index contributed by atoms with van der Waals surface area (Å²) in [6.45, 7) is 6.71. The van der Waals surface area contributed by atoms with Crippen LogP contribution in [0.5, 0.6) is 5.75 Å². The number of hydrogen-bond acceptors (Lipinski definition) is 4. The fourth-order valence-electron chi connectivity index (χ4n) is 1.65. The summed E-state index contributed by atoms with van der Waals surface area (Å²) in [6, 6.07) is 5.47. The molecule has 1 aromatic rings. The largest absolute Gasteiger partial charge is 0.489 e. The predicted octanol–water partition coefficient (Wildman–Crippen LogP) is 1.37. The number of hydrogen-bond donors (Lipinski definition) is 2. The van der Waals surface area contributed by atoms with E-state index in [1.807, 2.05) is 37.8 Å². The monoisotopic (exact) mass is 251 g/mol. The van der Waals surface area contributed by atoms with E-state index in [9.17, 15) is 4.79 Å². The SMILES string of the molecule is CCN(CC(N)=O)c1ccc(N)c(OC(C)C)c1. The molecule has 100 valence electrons. The second kappa shape index (κ2) is 6.14. The molecule has 1 aromatic carbocycles. The van der Waals surface area contributed by atoms with Gasteiger partial charge in [-0.15, -0.1) is 0 Å². The number of benzene rings is 1. The topological polar surface area (TPSA) is 81.6 Å². The van der Waals surface area contributed by atoms with Crippen molar-refractivity contribution in [2.75, 3.05) is 23.7 Å². The van der Waals surface area contributed by atoms with E-state index in [1.165, 1.54) is 0 Å². The molecule has 0 spiro atoms. The van der Waals surface area contributed by atoms with E-state index in [4.69, 9.17) is 16.2 Å². The lowest BCUT2D eigenvalue weighted by molar-refractivity contribution is -0.116. The minimum atomic E-state index is -0.361. The molecule has 0 heterocycles. The number of nitrogen functional groups attached to an aromatic ring is 1. The zero-order valence-corrected chi connectivity index (χ0v) is 11.1. The van der Waals surface area contributed by atoms with Crippen LogP contribution in [0, 0.1) is 0 Å². The molecular formula is C13H21N3O2. The molecule has 0 fully saturated rings. The lowest BCUT2D eigenvalue weighted by atomic mass is 10.2. The quantitative estimate of drug-likeness (QED) is 0.748. The van der Waals surface area contributed by atoms with Crippen LogP contribution in [0.15, 0.2) is 18.2 Å². The minimum absolute atomic E-state index is 0.0498. The second-order valence-corrected chi connectivity index (χ2v) is 4.37. The standard InChI is InChI=1S/C13H21N3O2/c1-4-16(8-13(15)17)10-5-6-11(14)12(7-10)18-9(2)3/h5-7,9H,4,8,14H2,1-3H3,(H2,15,17). The van der Waals surface area contributed by atoms with E-state index in [2.05, 4.69) is 0 Å². The molecule has 0 aliphatic carbocycles. The zero-order chi connectivity index (χ0) is 13.7. The summed E-state index contributed by atoms with van der Waals surface area (Å²) in [5.41, 5.74) is 12.5. The van der Waals surface area contributed by atoms with Gasteiger partial charge in [0, 0.05) is 18.3 Å². The highest BCUT2D eigenvalue weighted by atomic mass is 16.5. The van der Waals surface area contributed by atoms with Crippen LogP contribution < -0.4 is 21.1 Å². The first kappa shape index (κ1) is 14.2. The van der Waals surface area contributed by atoms with Gasteiger partial charge in [0.2, 0.25) is 5.91 Å². The zero-order valence-electron chi connectivity index (χ0n) is 11.1. The van der Waals surface area contributed by atoms with Crippen LogP contribution in [0.4, 0.5) is 11.4 Å². The maximum Gasteiger partial charge on any atom is 0.236 e. The van der Waals surface area contributed by atoms with Crippen molar-refractivity contribution < 1.29 is 9.53 Å². The van der Waals surface area contributed by atoms with Gasteiger partial charge in [-0.2, -0.15) is 0 Å². The third-order valence-electron chi connectivity index (χ3n) is 2.45. The number of anilines is 2. The predicted molar refractivity (Wildman–Crippen MR) is 73.7 cm³/mol.